The van der Waals surface area contributed by atoms with Gasteiger partial charge in [-0.2, -0.15) is 5.10 Å². The molecule has 1 fully saturated rings. The maximum absolute atomic E-state index is 12.0. The van der Waals surface area contributed by atoms with Crippen molar-refractivity contribution in [3.05, 3.63) is 17.5 Å². The van der Waals surface area contributed by atoms with Crippen LogP contribution in [-0.2, 0) is 18.4 Å². The van der Waals surface area contributed by atoms with E-state index in [1.165, 1.54) is 0 Å². The van der Waals surface area contributed by atoms with Crippen molar-refractivity contribution in [1.82, 2.24) is 20.4 Å². The van der Waals surface area contributed by atoms with E-state index in [4.69, 9.17) is 0 Å². The molecule has 0 spiro atoms. The first-order valence-electron chi connectivity index (χ1n) is 6.59. The van der Waals surface area contributed by atoms with Crippen LogP contribution in [0.15, 0.2) is 6.20 Å². The second kappa shape index (κ2) is 5.52. The quantitative estimate of drug-likeness (QED) is 0.837. The number of nitrogens with one attached hydrogen (secondary N) is 2. The third kappa shape index (κ3) is 3.10. The molecule has 0 bridgehead atoms. The third-order valence-electron chi connectivity index (χ3n) is 3.50. The van der Waals surface area contributed by atoms with Crippen LogP contribution in [0, 0.1) is 6.92 Å². The average Bonchev–Trinajstić information content (AvgIpc) is 2.65. The number of piperidine rings is 1. The Bertz CT molecular complexity index is 427. The number of hydrogen-bond acceptors (Lipinski definition) is 3. The molecule has 2 unspecified atom stereocenters. The summed E-state index contributed by atoms with van der Waals surface area (Å²) in [6.45, 7) is 4.65. The summed E-state index contributed by atoms with van der Waals surface area (Å²) >= 11 is 0. The highest BCUT2D eigenvalue weighted by molar-refractivity contribution is 5.81. The van der Waals surface area contributed by atoms with Gasteiger partial charge < -0.3 is 10.6 Å². The van der Waals surface area contributed by atoms with Crippen molar-refractivity contribution in [2.24, 2.45) is 7.05 Å². The molecule has 0 saturated carbocycles. The summed E-state index contributed by atoms with van der Waals surface area (Å²) in [5.74, 6) is 0.102. The number of hydrogen-bond donors (Lipinski definition) is 2. The average molecular weight is 250 g/mol. The summed E-state index contributed by atoms with van der Waals surface area (Å²) in [6.07, 6.45) is 5.17. The molecule has 5 nitrogen and oxygen atoms in total. The maximum Gasteiger partial charge on any atom is 0.237 e. The number of nitrogens with zero attached hydrogens (tertiary/aromatic N) is 2. The molecule has 18 heavy (non-hydrogen) atoms. The van der Waals surface area contributed by atoms with E-state index in [0.29, 0.717) is 12.6 Å². The van der Waals surface area contributed by atoms with E-state index in [1.807, 2.05) is 20.2 Å². The van der Waals surface area contributed by atoms with E-state index in [0.717, 1.165) is 30.5 Å². The van der Waals surface area contributed by atoms with Gasteiger partial charge >= 0.3 is 0 Å². The predicted molar refractivity (Wildman–Crippen MR) is 70.0 cm³/mol. The zero-order valence-corrected chi connectivity index (χ0v) is 11.4. The van der Waals surface area contributed by atoms with Gasteiger partial charge in [-0.05, 0) is 33.1 Å². The SMILES string of the molecule is Cc1nn(C)cc1CNC(=O)C1CCCC(C)N1. The summed E-state index contributed by atoms with van der Waals surface area (Å²) in [7, 11) is 1.89. The topological polar surface area (TPSA) is 59.0 Å². The van der Waals surface area contributed by atoms with E-state index in [9.17, 15) is 4.79 Å². The van der Waals surface area contributed by atoms with Crippen molar-refractivity contribution in [1.29, 1.82) is 0 Å². The Morgan fingerprint density at radius 1 is 1.61 bits per heavy atom. The first kappa shape index (κ1) is 13.1. The van der Waals surface area contributed by atoms with Crippen molar-refractivity contribution < 1.29 is 4.79 Å². The minimum absolute atomic E-state index is 0.0364. The van der Waals surface area contributed by atoms with Crippen molar-refractivity contribution in [3.8, 4) is 0 Å². The fraction of sp³-hybridized carbons (Fsp3) is 0.692. The van der Waals surface area contributed by atoms with Gasteiger partial charge in [-0.1, -0.05) is 0 Å². The van der Waals surface area contributed by atoms with Gasteiger partial charge in [0.05, 0.1) is 11.7 Å². The van der Waals surface area contributed by atoms with Gasteiger partial charge in [0.1, 0.15) is 0 Å². The highest BCUT2D eigenvalue weighted by Gasteiger charge is 2.23. The van der Waals surface area contributed by atoms with Crippen LogP contribution in [0.1, 0.15) is 37.4 Å². The van der Waals surface area contributed by atoms with Crippen molar-refractivity contribution in [2.45, 2.75) is 51.7 Å². The fourth-order valence-corrected chi connectivity index (χ4v) is 2.47. The Kier molecular flexibility index (Phi) is 4.01. The van der Waals surface area contributed by atoms with Crippen LogP contribution in [-0.4, -0.2) is 27.8 Å². The van der Waals surface area contributed by atoms with Gasteiger partial charge in [-0.15, -0.1) is 0 Å². The van der Waals surface area contributed by atoms with Crippen LogP contribution in [0.2, 0.25) is 0 Å². The lowest BCUT2D eigenvalue weighted by atomic mass is 9.99. The van der Waals surface area contributed by atoms with Crippen LogP contribution in [0.4, 0.5) is 0 Å². The van der Waals surface area contributed by atoms with Gasteiger partial charge in [0.2, 0.25) is 5.91 Å². The molecular weight excluding hydrogens is 228 g/mol. The molecule has 1 aliphatic heterocycles. The van der Waals surface area contributed by atoms with Gasteiger partial charge in [-0.25, -0.2) is 0 Å². The minimum Gasteiger partial charge on any atom is -0.351 e. The van der Waals surface area contributed by atoms with Crippen LogP contribution in [0.5, 0.6) is 0 Å². The van der Waals surface area contributed by atoms with Crippen molar-refractivity contribution in [2.75, 3.05) is 0 Å². The molecule has 100 valence electrons. The number of aromatic nitrogens is 2. The highest BCUT2D eigenvalue weighted by atomic mass is 16.2. The monoisotopic (exact) mass is 250 g/mol. The summed E-state index contributed by atoms with van der Waals surface area (Å²) < 4.78 is 1.78. The summed E-state index contributed by atoms with van der Waals surface area (Å²) in [5.41, 5.74) is 2.05. The Morgan fingerprint density at radius 2 is 2.39 bits per heavy atom. The van der Waals surface area contributed by atoms with Gasteiger partial charge in [0.15, 0.2) is 0 Å². The van der Waals surface area contributed by atoms with Crippen LogP contribution in [0.25, 0.3) is 0 Å². The zero-order valence-electron chi connectivity index (χ0n) is 11.4. The largest absolute Gasteiger partial charge is 0.351 e. The van der Waals surface area contributed by atoms with Crippen molar-refractivity contribution >= 4 is 5.91 Å². The molecule has 1 amide bonds. The Morgan fingerprint density at radius 3 is 3.00 bits per heavy atom. The second-order valence-corrected chi connectivity index (χ2v) is 5.18. The van der Waals surface area contributed by atoms with Crippen LogP contribution >= 0.6 is 0 Å². The lowest BCUT2D eigenvalue weighted by molar-refractivity contribution is -0.124. The summed E-state index contributed by atoms with van der Waals surface area (Å²) in [5, 5.41) is 10.6. The molecular formula is C13H22N4O. The number of aryl methyl sites for hydroxylation is 2. The van der Waals surface area contributed by atoms with Crippen LogP contribution in [0.3, 0.4) is 0 Å². The summed E-state index contributed by atoms with van der Waals surface area (Å²) in [4.78, 5) is 12.0. The van der Waals surface area contributed by atoms with Gasteiger partial charge in [-0.3, -0.25) is 9.48 Å². The highest BCUT2D eigenvalue weighted by Crippen LogP contribution is 2.12. The van der Waals surface area contributed by atoms with Gasteiger partial charge in [0, 0.05) is 31.4 Å². The van der Waals surface area contributed by atoms with Gasteiger partial charge in [0.25, 0.3) is 0 Å². The van der Waals surface area contributed by atoms with E-state index >= 15 is 0 Å². The lowest BCUT2D eigenvalue weighted by Gasteiger charge is -2.27. The molecule has 2 N–H and O–H groups in total. The molecule has 5 heteroatoms. The lowest BCUT2D eigenvalue weighted by Crippen LogP contribution is -2.49. The summed E-state index contributed by atoms with van der Waals surface area (Å²) in [6, 6.07) is 0.403. The molecule has 1 aromatic heterocycles. The smallest absolute Gasteiger partial charge is 0.237 e. The number of carbonyl (C=O) groups excluding carboxylic acids is 1. The molecule has 1 aromatic rings. The molecule has 2 atom stereocenters. The van der Waals surface area contributed by atoms with E-state index < -0.39 is 0 Å². The predicted octanol–water partition coefficient (Wildman–Crippen LogP) is 0.875. The molecule has 1 saturated heterocycles. The van der Waals surface area contributed by atoms with Crippen LogP contribution < -0.4 is 10.6 Å². The zero-order chi connectivity index (χ0) is 13.1. The number of carbonyl (C=O) groups is 1. The molecule has 2 heterocycles. The molecule has 0 aromatic carbocycles. The Balaban J connectivity index is 1.86. The van der Waals surface area contributed by atoms with E-state index in [2.05, 4.69) is 22.7 Å². The minimum atomic E-state index is -0.0364. The molecule has 0 aliphatic carbocycles. The molecule has 0 radical (unpaired) electrons. The number of rotatable bonds is 3. The first-order valence-corrected chi connectivity index (χ1v) is 6.59. The standard InChI is InChI=1S/C13H22N4O/c1-9-5-4-6-12(15-9)13(18)14-7-11-8-17(3)16-10(11)2/h8-9,12,15H,4-7H2,1-3H3,(H,14,18). The Hall–Kier alpha value is -1.36. The Labute approximate surface area is 108 Å². The van der Waals surface area contributed by atoms with E-state index in [1.54, 1.807) is 4.68 Å². The number of amides is 1. The molecule has 1 aliphatic rings. The second-order valence-electron chi connectivity index (χ2n) is 5.18. The maximum atomic E-state index is 12.0. The van der Waals surface area contributed by atoms with E-state index in [-0.39, 0.29) is 11.9 Å². The molecule has 2 rings (SSSR count). The normalized spacial score (nSPS) is 23.9. The fourth-order valence-electron chi connectivity index (χ4n) is 2.47. The first-order chi connectivity index (χ1) is 8.56. The third-order valence-corrected chi connectivity index (χ3v) is 3.50. The van der Waals surface area contributed by atoms with Crippen molar-refractivity contribution in [3.63, 3.8) is 0 Å².